The zero-order valence-corrected chi connectivity index (χ0v) is 17.6. The van der Waals surface area contributed by atoms with Crippen molar-refractivity contribution in [2.75, 3.05) is 23.9 Å². The molecule has 158 valence electrons. The zero-order chi connectivity index (χ0) is 21.8. The summed E-state index contributed by atoms with van der Waals surface area (Å²) in [7, 11) is 1.51. The Hall–Kier alpha value is -3.35. The minimum Gasteiger partial charge on any atom is -0.495 e. The quantitative estimate of drug-likeness (QED) is 0.739. The molecule has 1 N–H and O–H groups in total. The second-order valence-electron chi connectivity index (χ2n) is 7.39. The van der Waals surface area contributed by atoms with Gasteiger partial charge in [-0.05, 0) is 50.1 Å². The molecule has 0 aromatic heterocycles. The molecule has 2 aromatic carbocycles. The van der Waals surface area contributed by atoms with Gasteiger partial charge in [-0.1, -0.05) is 24.3 Å². The molecule has 0 spiro atoms. The van der Waals surface area contributed by atoms with Gasteiger partial charge in [0.2, 0.25) is 5.91 Å². The van der Waals surface area contributed by atoms with E-state index in [9.17, 15) is 14.4 Å². The predicted molar refractivity (Wildman–Crippen MR) is 114 cm³/mol. The van der Waals surface area contributed by atoms with Gasteiger partial charge in [-0.3, -0.25) is 14.4 Å². The number of anilines is 2. The van der Waals surface area contributed by atoms with E-state index < -0.39 is 23.9 Å². The molecule has 2 amide bonds. The number of hydrogen-bond donors (Lipinski definition) is 1. The molecule has 1 aliphatic rings. The van der Waals surface area contributed by atoms with Crippen LogP contribution in [0.5, 0.6) is 5.75 Å². The third-order valence-corrected chi connectivity index (χ3v) is 5.35. The molecule has 0 bridgehead atoms. The summed E-state index contributed by atoms with van der Waals surface area (Å²) in [6.45, 7) is 5.67. The van der Waals surface area contributed by atoms with E-state index >= 15 is 0 Å². The number of methoxy groups -OCH3 is 1. The summed E-state index contributed by atoms with van der Waals surface area (Å²) >= 11 is 0. The Morgan fingerprint density at radius 2 is 1.87 bits per heavy atom. The van der Waals surface area contributed by atoms with Crippen LogP contribution in [0.15, 0.2) is 42.5 Å². The van der Waals surface area contributed by atoms with Crippen LogP contribution in [0.25, 0.3) is 0 Å². The first kappa shape index (κ1) is 21.4. The van der Waals surface area contributed by atoms with Crippen molar-refractivity contribution in [3.05, 3.63) is 53.6 Å². The van der Waals surface area contributed by atoms with Crippen molar-refractivity contribution >= 4 is 29.2 Å². The lowest BCUT2D eigenvalue weighted by Crippen LogP contribution is -2.33. The van der Waals surface area contributed by atoms with Gasteiger partial charge in [0.15, 0.2) is 6.10 Å². The summed E-state index contributed by atoms with van der Waals surface area (Å²) in [6, 6.07) is 12.7. The van der Waals surface area contributed by atoms with Crippen molar-refractivity contribution < 1.29 is 23.9 Å². The van der Waals surface area contributed by atoms with Gasteiger partial charge in [0.1, 0.15) is 5.75 Å². The monoisotopic (exact) mass is 410 g/mol. The molecule has 0 radical (unpaired) electrons. The number of para-hydroxylation sites is 2. The Bertz CT molecular complexity index is 972. The molecule has 1 aliphatic heterocycles. The first-order valence-electron chi connectivity index (χ1n) is 9.82. The SMILES string of the molecule is COc1ccccc1NC(=O)[C@@H](C)OC(=O)[C@H]1CC(=O)N(c2cccc(C)c2C)C1. The molecule has 0 unspecified atom stereocenters. The van der Waals surface area contributed by atoms with Crippen molar-refractivity contribution in [3.63, 3.8) is 0 Å². The standard InChI is InChI=1S/C23H26N2O5/c1-14-8-7-10-19(15(14)2)25-13-17(12-21(25)26)23(28)30-16(3)22(27)24-18-9-5-6-11-20(18)29-4/h5-11,16-17H,12-13H2,1-4H3,(H,24,27)/t16-,17+/m1/s1. The zero-order valence-electron chi connectivity index (χ0n) is 17.6. The van der Waals surface area contributed by atoms with Crippen molar-refractivity contribution in [3.8, 4) is 5.75 Å². The molecule has 0 saturated carbocycles. The van der Waals surface area contributed by atoms with Crippen LogP contribution in [-0.2, 0) is 19.1 Å². The molecule has 1 fully saturated rings. The number of nitrogens with zero attached hydrogens (tertiary/aromatic N) is 1. The molecular formula is C23H26N2O5. The van der Waals surface area contributed by atoms with Crippen LogP contribution in [0.1, 0.15) is 24.5 Å². The van der Waals surface area contributed by atoms with E-state index in [-0.39, 0.29) is 18.9 Å². The number of benzene rings is 2. The Morgan fingerprint density at radius 3 is 2.60 bits per heavy atom. The van der Waals surface area contributed by atoms with Gasteiger partial charge >= 0.3 is 5.97 Å². The Labute approximate surface area is 176 Å². The predicted octanol–water partition coefficient (Wildman–Crippen LogP) is 3.24. The minimum absolute atomic E-state index is 0.0626. The normalized spacial score (nSPS) is 16.9. The summed E-state index contributed by atoms with van der Waals surface area (Å²) < 4.78 is 10.6. The maximum atomic E-state index is 12.6. The van der Waals surface area contributed by atoms with Crippen LogP contribution >= 0.6 is 0 Å². The highest BCUT2D eigenvalue weighted by atomic mass is 16.5. The molecule has 0 aliphatic carbocycles. The van der Waals surface area contributed by atoms with E-state index in [2.05, 4.69) is 5.32 Å². The second-order valence-corrected chi connectivity index (χ2v) is 7.39. The maximum absolute atomic E-state index is 12.6. The fraction of sp³-hybridized carbons (Fsp3) is 0.348. The third-order valence-electron chi connectivity index (χ3n) is 5.35. The van der Waals surface area contributed by atoms with Gasteiger partial charge in [0.25, 0.3) is 5.91 Å². The molecule has 3 rings (SSSR count). The summed E-state index contributed by atoms with van der Waals surface area (Å²) in [4.78, 5) is 39.2. The number of carbonyl (C=O) groups excluding carboxylic acids is 3. The van der Waals surface area contributed by atoms with E-state index in [0.29, 0.717) is 11.4 Å². The first-order chi connectivity index (χ1) is 14.3. The molecule has 30 heavy (non-hydrogen) atoms. The van der Waals surface area contributed by atoms with Gasteiger partial charge in [-0.2, -0.15) is 0 Å². The van der Waals surface area contributed by atoms with Crippen LogP contribution in [0.2, 0.25) is 0 Å². The first-order valence-corrected chi connectivity index (χ1v) is 9.82. The maximum Gasteiger partial charge on any atom is 0.312 e. The van der Waals surface area contributed by atoms with Crippen LogP contribution in [-0.4, -0.2) is 37.5 Å². The van der Waals surface area contributed by atoms with Crippen LogP contribution in [0.3, 0.4) is 0 Å². The highest BCUT2D eigenvalue weighted by molar-refractivity contribution is 6.01. The Morgan fingerprint density at radius 1 is 1.13 bits per heavy atom. The number of ether oxygens (including phenoxy) is 2. The molecule has 1 heterocycles. The highest BCUT2D eigenvalue weighted by Crippen LogP contribution is 2.30. The number of carbonyl (C=O) groups is 3. The van der Waals surface area contributed by atoms with Gasteiger partial charge < -0.3 is 19.7 Å². The summed E-state index contributed by atoms with van der Waals surface area (Å²) in [5.41, 5.74) is 3.37. The lowest BCUT2D eigenvalue weighted by Gasteiger charge is -2.20. The average molecular weight is 410 g/mol. The summed E-state index contributed by atoms with van der Waals surface area (Å²) in [5, 5.41) is 2.70. The molecule has 2 atom stereocenters. The van der Waals surface area contributed by atoms with Gasteiger partial charge in [0.05, 0.1) is 18.7 Å². The summed E-state index contributed by atoms with van der Waals surface area (Å²) in [5.74, 6) is -1.26. The van der Waals surface area contributed by atoms with Crippen molar-refractivity contribution in [1.29, 1.82) is 0 Å². The van der Waals surface area contributed by atoms with E-state index in [1.165, 1.54) is 14.0 Å². The third kappa shape index (κ3) is 4.45. The molecule has 7 heteroatoms. The fourth-order valence-electron chi connectivity index (χ4n) is 3.43. The number of nitrogens with one attached hydrogen (secondary N) is 1. The Balaban J connectivity index is 1.62. The van der Waals surface area contributed by atoms with Gasteiger partial charge in [-0.15, -0.1) is 0 Å². The number of rotatable bonds is 6. The molecule has 1 saturated heterocycles. The Kier molecular flexibility index (Phi) is 6.40. The molecule has 7 nitrogen and oxygen atoms in total. The van der Waals surface area contributed by atoms with Crippen molar-refractivity contribution in [2.45, 2.75) is 33.3 Å². The fourth-order valence-corrected chi connectivity index (χ4v) is 3.43. The lowest BCUT2D eigenvalue weighted by atomic mass is 10.1. The summed E-state index contributed by atoms with van der Waals surface area (Å²) in [6.07, 6.45) is -0.945. The van der Waals surface area contributed by atoms with Crippen molar-refractivity contribution in [1.82, 2.24) is 0 Å². The van der Waals surface area contributed by atoms with Gasteiger partial charge in [-0.25, -0.2) is 0 Å². The van der Waals surface area contributed by atoms with E-state index in [4.69, 9.17) is 9.47 Å². The smallest absolute Gasteiger partial charge is 0.312 e. The minimum atomic E-state index is -1.01. The second kappa shape index (κ2) is 8.98. The molecular weight excluding hydrogens is 384 g/mol. The largest absolute Gasteiger partial charge is 0.495 e. The van der Waals surface area contributed by atoms with Crippen molar-refractivity contribution in [2.24, 2.45) is 5.92 Å². The average Bonchev–Trinajstić information content (AvgIpc) is 3.12. The topological polar surface area (TPSA) is 84.9 Å². The van der Waals surface area contributed by atoms with Gasteiger partial charge in [0, 0.05) is 18.7 Å². The van der Waals surface area contributed by atoms with E-state index in [1.54, 1.807) is 29.2 Å². The molecule has 2 aromatic rings. The highest BCUT2D eigenvalue weighted by Gasteiger charge is 2.38. The van der Waals surface area contributed by atoms with E-state index in [1.807, 2.05) is 32.0 Å². The number of amides is 2. The number of esters is 1. The van der Waals surface area contributed by atoms with E-state index in [0.717, 1.165) is 16.8 Å². The van der Waals surface area contributed by atoms with Crippen LogP contribution in [0.4, 0.5) is 11.4 Å². The number of aryl methyl sites for hydroxylation is 1. The number of hydrogen-bond acceptors (Lipinski definition) is 5. The van der Waals surface area contributed by atoms with Crippen LogP contribution < -0.4 is 15.0 Å². The lowest BCUT2D eigenvalue weighted by molar-refractivity contribution is -0.157. The van der Waals surface area contributed by atoms with Crippen LogP contribution in [0, 0.1) is 19.8 Å².